The van der Waals surface area contributed by atoms with Crippen molar-refractivity contribution in [1.82, 2.24) is 9.88 Å². The molecule has 11 heteroatoms. The van der Waals surface area contributed by atoms with E-state index in [1.165, 1.54) is 29.4 Å². The molecule has 1 saturated heterocycles. The van der Waals surface area contributed by atoms with E-state index >= 15 is 0 Å². The highest BCUT2D eigenvalue weighted by Gasteiger charge is 2.52. The minimum absolute atomic E-state index is 0.0200. The van der Waals surface area contributed by atoms with Crippen LogP contribution in [0.25, 0.3) is 0 Å². The minimum atomic E-state index is -4.85. The van der Waals surface area contributed by atoms with Gasteiger partial charge in [-0.1, -0.05) is 19.3 Å². The lowest BCUT2D eigenvalue weighted by atomic mass is 9.88. The summed E-state index contributed by atoms with van der Waals surface area (Å²) in [4.78, 5) is 45.7. The van der Waals surface area contributed by atoms with Gasteiger partial charge < -0.3 is 15.0 Å². The first-order valence-electron chi connectivity index (χ1n) is 11.7. The van der Waals surface area contributed by atoms with Gasteiger partial charge in [-0.15, -0.1) is 13.2 Å². The van der Waals surface area contributed by atoms with E-state index in [0.29, 0.717) is 11.3 Å². The molecular weight excluding hydrogens is 477 g/mol. The van der Waals surface area contributed by atoms with Gasteiger partial charge >= 0.3 is 12.4 Å². The maximum absolute atomic E-state index is 13.3. The van der Waals surface area contributed by atoms with Gasteiger partial charge in [0.1, 0.15) is 11.3 Å². The highest BCUT2D eigenvalue weighted by atomic mass is 19.4. The number of urea groups is 1. The van der Waals surface area contributed by atoms with Gasteiger partial charge in [-0.3, -0.25) is 14.6 Å². The molecule has 192 valence electrons. The predicted molar refractivity (Wildman–Crippen MR) is 125 cm³/mol. The number of amides is 4. The second-order valence-corrected chi connectivity index (χ2v) is 9.47. The number of nitrogens with one attached hydrogen (secondary N) is 1. The molecule has 0 atom stereocenters. The summed E-state index contributed by atoms with van der Waals surface area (Å²) in [6.45, 7) is 3.21. The second-order valence-electron chi connectivity index (χ2n) is 9.47. The molecule has 1 aromatic carbocycles. The Morgan fingerprint density at radius 3 is 2.42 bits per heavy atom. The zero-order valence-corrected chi connectivity index (χ0v) is 20.0. The summed E-state index contributed by atoms with van der Waals surface area (Å²) in [5.74, 6) is -1.15. The van der Waals surface area contributed by atoms with E-state index in [9.17, 15) is 27.6 Å². The predicted octanol–water partition coefficient (Wildman–Crippen LogP) is 5.25. The summed E-state index contributed by atoms with van der Waals surface area (Å²) >= 11 is 0. The van der Waals surface area contributed by atoms with Gasteiger partial charge in [0.25, 0.3) is 5.91 Å². The topological polar surface area (TPSA) is 91.8 Å². The molecule has 1 saturated carbocycles. The highest BCUT2D eigenvalue weighted by molar-refractivity contribution is 6.23. The number of hydrogen-bond donors (Lipinski definition) is 1. The second kappa shape index (κ2) is 9.79. The van der Waals surface area contributed by atoms with E-state index in [1.807, 2.05) is 0 Å². The first-order valence-corrected chi connectivity index (χ1v) is 11.7. The summed E-state index contributed by atoms with van der Waals surface area (Å²) in [7, 11) is 0. The van der Waals surface area contributed by atoms with Crippen molar-refractivity contribution in [2.45, 2.75) is 64.4 Å². The largest absolute Gasteiger partial charge is 0.573 e. The highest BCUT2D eigenvalue weighted by Crippen LogP contribution is 2.35. The molecule has 0 radical (unpaired) electrons. The van der Waals surface area contributed by atoms with E-state index < -0.39 is 29.6 Å². The van der Waals surface area contributed by atoms with Gasteiger partial charge in [0.15, 0.2) is 0 Å². The Morgan fingerprint density at radius 1 is 1.11 bits per heavy atom. The summed E-state index contributed by atoms with van der Waals surface area (Å²) < 4.78 is 41.3. The number of halogens is 3. The molecular formula is C25H27F3N4O4. The van der Waals surface area contributed by atoms with Crippen molar-refractivity contribution < 1.29 is 32.3 Å². The average Bonchev–Trinajstić information content (AvgIpc) is 2.99. The number of hydrogen-bond acceptors (Lipinski definition) is 5. The number of aromatic nitrogens is 1. The van der Waals surface area contributed by atoms with Crippen molar-refractivity contribution >= 4 is 29.2 Å². The fourth-order valence-corrected chi connectivity index (χ4v) is 4.57. The summed E-state index contributed by atoms with van der Waals surface area (Å²) in [5, 5.41) is 2.93. The number of ether oxygens (including phenoxy) is 1. The van der Waals surface area contributed by atoms with E-state index in [2.05, 4.69) is 15.0 Å². The van der Waals surface area contributed by atoms with Crippen LogP contribution in [0.1, 0.15) is 51.5 Å². The Balaban J connectivity index is 1.54. The minimum Gasteiger partial charge on any atom is -0.406 e. The van der Waals surface area contributed by atoms with Crippen LogP contribution >= 0.6 is 0 Å². The first kappa shape index (κ1) is 25.5. The van der Waals surface area contributed by atoms with Crippen LogP contribution in [-0.4, -0.2) is 39.6 Å². The number of pyridine rings is 1. The average molecular weight is 505 g/mol. The van der Waals surface area contributed by atoms with Gasteiger partial charge in [-0.2, -0.15) is 0 Å². The van der Waals surface area contributed by atoms with Crippen molar-refractivity contribution in [3.63, 3.8) is 0 Å². The van der Waals surface area contributed by atoms with Crippen LogP contribution in [0.15, 0.2) is 42.7 Å². The van der Waals surface area contributed by atoms with Crippen LogP contribution in [0.2, 0.25) is 0 Å². The van der Waals surface area contributed by atoms with Gasteiger partial charge in [-0.25, -0.2) is 9.69 Å². The Kier molecular flexibility index (Phi) is 6.92. The Labute approximate surface area is 206 Å². The number of imide groups is 1. The maximum Gasteiger partial charge on any atom is 0.573 e. The molecule has 0 unspecified atom stereocenters. The third-order valence-corrected chi connectivity index (χ3v) is 6.63. The monoisotopic (exact) mass is 504 g/mol. The lowest BCUT2D eigenvalue weighted by Crippen LogP contribution is -2.43. The maximum atomic E-state index is 13.3. The molecule has 8 nitrogen and oxygen atoms in total. The molecule has 2 aromatic rings. The first-order chi connectivity index (χ1) is 17.0. The van der Waals surface area contributed by atoms with Crippen molar-refractivity contribution in [3.05, 3.63) is 48.3 Å². The van der Waals surface area contributed by atoms with Crippen molar-refractivity contribution in [3.8, 4) is 5.75 Å². The Hall–Kier alpha value is -3.63. The molecule has 4 amide bonds. The number of anilines is 2. The third-order valence-electron chi connectivity index (χ3n) is 6.63. The van der Waals surface area contributed by atoms with Crippen molar-refractivity contribution in [1.29, 1.82) is 0 Å². The number of carbonyl (C=O) groups excluding carboxylic acids is 3. The van der Waals surface area contributed by atoms with E-state index in [1.54, 1.807) is 19.9 Å². The molecule has 1 N–H and O–H groups in total. The lowest BCUT2D eigenvalue weighted by Gasteiger charge is -2.28. The Morgan fingerprint density at radius 2 is 1.78 bits per heavy atom. The van der Waals surface area contributed by atoms with Crippen LogP contribution in [0, 0.1) is 5.92 Å². The summed E-state index contributed by atoms with van der Waals surface area (Å²) in [6, 6.07) is 5.57. The molecule has 36 heavy (non-hydrogen) atoms. The number of carbonyl (C=O) groups is 3. The smallest absolute Gasteiger partial charge is 0.406 e. The van der Waals surface area contributed by atoms with Crippen LogP contribution < -0.4 is 15.0 Å². The number of nitrogens with zero attached hydrogens (tertiary/aromatic N) is 3. The molecule has 1 aromatic heterocycles. The van der Waals surface area contributed by atoms with Gasteiger partial charge in [0, 0.05) is 12.1 Å². The number of rotatable bonds is 6. The van der Waals surface area contributed by atoms with Gasteiger partial charge in [0.05, 0.1) is 24.1 Å². The van der Waals surface area contributed by atoms with E-state index in [4.69, 9.17) is 0 Å². The van der Waals surface area contributed by atoms with Crippen LogP contribution in [0.3, 0.4) is 0 Å². The fraction of sp³-hybridized carbons (Fsp3) is 0.440. The number of alkyl halides is 3. The van der Waals surface area contributed by atoms with Gasteiger partial charge in [0.2, 0.25) is 5.91 Å². The SMILES string of the molecule is CC1(C)C(=O)N(c2ccc(OC(F)(F)F)cc2)C(=O)N1Cc1ccncc1NC(=O)C1CCCCC1. The normalized spacial score (nSPS) is 18.5. The molecule has 2 fully saturated rings. The molecule has 1 aliphatic carbocycles. The zero-order chi connectivity index (χ0) is 26.1. The summed E-state index contributed by atoms with van der Waals surface area (Å²) in [5.41, 5.74) is -0.0439. The van der Waals surface area contributed by atoms with E-state index in [-0.39, 0.29) is 24.1 Å². The number of benzene rings is 1. The van der Waals surface area contributed by atoms with E-state index in [0.717, 1.165) is 49.1 Å². The Bertz CT molecular complexity index is 1140. The molecule has 2 heterocycles. The lowest BCUT2D eigenvalue weighted by molar-refractivity contribution is -0.274. The van der Waals surface area contributed by atoms with Crippen molar-refractivity contribution in [2.75, 3.05) is 10.2 Å². The molecule has 4 rings (SSSR count). The van der Waals surface area contributed by atoms with Crippen molar-refractivity contribution in [2.24, 2.45) is 5.92 Å². The standard InChI is InChI=1S/C25H27F3N4O4/c1-24(2)22(34)32(18-8-10-19(11-9-18)36-25(26,27)28)23(35)31(24)15-17-12-13-29-14-20(17)30-21(33)16-6-4-3-5-7-16/h8-14,16H,3-7,15H2,1-2H3,(H,30,33). The quantitative estimate of drug-likeness (QED) is 0.543. The molecule has 0 bridgehead atoms. The third kappa shape index (κ3) is 5.29. The van der Waals surface area contributed by atoms with Crippen LogP contribution in [0.5, 0.6) is 5.75 Å². The van der Waals surface area contributed by atoms with Gasteiger partial charge in [-0.05, 0) is 62.6 Å². The zero-order valence-electron chi connectivity index (χ0n) is 20.0. The molecule has 0 spiro atoms. The fourth-order valence-electron chi connectivity index (χ4n) is 4.57. The molecule has 2 aliphatic rings. The van der Waals surface area contributed by atoms with Crippen LogP contribution in [-0.2, 0) is 16.1 Å². The molecule has 1 aliphatic heterocycles. The summed E-state index contributed by atoms with van der Waals surface area (Å²) in [6.07, 6.45) is 3.00. The van der Waals surface area contributed by atoms with Crippen LogP contribution in [0.4, 0.5) is 29.3 Å².